The summed E-state index contributed by atoms with van der Waals surface area (Å²) in [4.78, 5) is 24.6. The number of carbonyl (C=O) groups excluding carboxylic acids is 1. The number of carbonyl (C=O) groups is 1. The molecule has 0 bridgehead atoms. The molecule has 8 nitrogen and oxygen atoms in total. The van der Waals surface area contributed by atoms with E-state index in [0.29, 0.717) is 47.6 Å². The average molecular weight is 551 g/mol. The summed E-state index contributed by atoms with van der Waals surface area (Å²) in [5.74, 6) is 0.724. The van der Waals surface area contributed by atoms with Gasteiger partial charge >= 0.3 is 0 Å². The highest BCUT2D eigenvalue weighted by molar-refractivity contribution is 7.89. The smallest absolute Gasteiger partial charge is 0.260 e. The molecule has 1 fully saturated rings. The Kier molecular flexibility index (Phi) is 7.73. The zero-order valence-corrected chi connectivity index (χ0v) is 23.0. The molecule has 1 aliphatic heterocycles. The second kappa shape index (κ2) is 11.2. The van der Waals surface area contributed by atoms with Gasteiger partial charge in [-0.2, -0.15) is 4.31 Å². The van der Waals surface area contributed by atoms with Crippen LogP contribution in [0, 0.1) is 5.92 Å². The van der Waals surface area contributed by atoms with Gasteiger partial charge < -0.3 is 4.74 Å². The maximum Gasteiger partial charge on any atom is 0.260 e. The molecule has 198 valence electrons. The minimum absolute atomic E-state index is 0.198. The van der Waals surface area contributed by atoms with Crippen molar-refractivity contribution < 1.29 is 17.9 Å². The van der Waals surface area contributed by atoms with Gasteiger partial charge in [0.2, 0.25) is 10.0 Å². The molecular weight excluding hydrogens is 520 g/mol. The van der Waals surface area contributed by atoms with E-state index in [1.807, 2.05) is 37.3 Å². The summed E-state index contributed by atoms with van der Waals surface area (Å²) < 4.78 is 34.6. The summed E-state index contributed by atoms with van der Waals surface area (Å²) in [5, 5.41) is 0.528. The summed E-state index contributed by atoms with van der Waals surface area (Å²) in [5.41, 5.74) is 1.93. The van der Waals surface area contributed by atoms with Crippen molar-refractivity contribution in [3.63, 3.8) is 0 Å². The molecule has 38 heavy (non-hydrogen) atoms. The van der Waals surface area contributed by atoms with E-state index in [9.17, 15) is 13.2 Å². The van der Waals surface area contributed by atoms with Crippen LogP contribution in [0.3, 0.4) is 0 Å². The quantitative estimate of drug-likeness (QED) is 0.293. The molecule has 2 aromatic carbocycles. The Balaban J connectivity index is 1.47. The molecule has 4 aromatic rings. The van der Waals surface area contributed by atoms with Gasteiger partial charge in [-0.15, -0.1) is 0 Å². The standard InChI is InChI=1S/C28H30N4O4S2/c1-3-36-24-9-4-10-25-26(24)30-28(37-25)32(19-21-8-5-15-29-17-21)27(33)22-11-13-23(14-12-22)38(34,35)31-16-6-7-20(2)18-31/h4-5,8-15,17,20H,3,6-7,16,18-19H2,1-2H3. The number of rotatable bonds is 8. The third-order valence-electron chi connectivity index (χ3n) is 6.57. The third kappa shape index (κ3) is 5.43. The Morgan fingerprint density at radius 1 is 1.16 bits per heavy atom. The van der Waals surface area contributed by atoms with Gasteiger partial charge in [-0.05, 0) is 73.7 Å². The van der Waals surface area contributed by atoms with E-state index in [1.54, 1.807) is 33.7 Å². The van der Waals surface area contributed by atoms with Crippen LogP contribution in [0.2, 0.25) is 0 Å². The molecular formula is C28H30N4O4S2. The van der Waals surface area contributed by atoms with Crippen LogP contribution in [0.4, 0.5) is 5.13 Å². The van der Waals surface area contributed by atoms with Crippen LogP contribution in [0.5, 0.6) is 5.75 Å². The lowest BCUT2D eigenvalue weighted by molar-refractivity contribution is 0.0985. The summed E-state index contributed by atoms with van der Waals surface area (Å²) in [6.45, 7) is 5.80. The number of amides is 1. The molecule has 0 N–H and O–H groups in total. The minimum atomic E-state index is -3.61. The van der Waals surface area contributed by atoms with E-state index < -0.39 is 10.0 Å². The normalized spacial score (nSPS) is 16.4. The first-order valence-electron chi connectivity index (χ1n) is 12.7. The van der Waals surface area contributed by atoms with Gasteiger partial charge in [-0.1, -0.05) is 30.4 Å². The number of ether oxygens (including phenoxy) is 1. The van der Waals surface area contributed by atoms with Crippen molar-refractivity contribution in [1.29, 1.82) is 0 Å². The van der Waals surface area contributed by atoms with Crippen molar-refractivity contribution in [3.8, 4) is 5.75 Å². The second-order valence-corrected chi connectivity index (χ2v) is 12.4. The highest BCUT2D eigenvalue weighted by Crippen LogP contribution is 2.35. The van der Waals surface area contributed by atoms with E-state index in [0.717, 1.165) is 23.1 Å². The summed E-state index contributed by atoms with van der Waals surface area (Å²) in [7, 11) is -3.61. The van der Waals surface area contributed by atoms with Crippen molar-refractivity contribution in [3.05, 3.63) is 78.1 Å². The molecule has 0 radical (unpaired) electrons. The maximum absolute atomic E-state index is 13.8. The molecule has 10 heteroatoms. The largest absolute Gasteiger partial charge is 0.492 e. The van der Waals surface area contributed by atoms with Crippen LogP contribution in [0.1, 0.15) is 42.6 Å². The van der Waals surface area contributed by atoms with Gasteiger partial charge in [0, 0.05) is 31.0 Å². The summed E-state index contributed by atoms with van der Waals surface area (Å²) >= 11 is 1.41. The molecule has 1 amide bonds. The lowest BCUT2D eigenvalue weighted by atomic mass is 10.0. The Hall–Kier alpha value is -3.34. The number of aromatic nitrogens is 2. The number of hydrogen-bond donors (Lipinski definition) is 0. The predicted molar refractivity (Wildman–Crippen MR) is 149 cm³/mol. The molecule has 0 spiro atoms. The Morgan fingerprint density at radius 3 is 2.68 bits per heavy atom. The maximum atomic E-state index is 13.8. The average Bonchev–Trinajstić information content (AvgIpc) is 3.37. The van der Waals surface area contributed by atoms with Gasteiger partial charge in [-0.25, -0.2) is 13.4 Å². The number of hydrogen-bond acceptors (Lipinski definition) is 7. The van der Waals surface area contributed by atoms with Crippen molar-refractivity contribution in [2.45, 2.75) is 38.1 Å². The Morgan fingerprint density at radius 2 is 1.97 bits per heavy atom. The molecule has 1 aliphatic rings. The second-order valence-electron chi connectivity index (χ2n) is 9.42. The van der Waals surface area contributed by atoms with Gasteiger partial charge in [0.25, 0.3) is 5.91 Å². The summed E-state index contributed by atoms with van der Waals surface area (Å²) in [6, 6.07) is 15.7. The number of para-hydroxylation sites is 1. The molecule has 0 aliphatic carbocycles. The fourth-order valence-electron chi connectivity index (χ4n) is 4.64. The van der Waals surface area contributed by atoms with Crippen LogP contribution < -0.4 is 9.64 Å². The number of nitrogens with zero attached hydrogens (tertiary/aromatic N) is 4. The van der Waals surface area contributed by atoms with Crippen molar-refractivity contribution in [1.82, 2.24) is 14.3 Å². The summed E-state index contributed by atoms with van der Waals surface area (Å²) in [6.07, 6.45) is 5.29. The first-order chi connectivity index (χ1) is 18.4. The van der Waals surface area contributed by atoms with Crippen LogP contribution in [-0.2, 0) is 16.6 Å². The lowest BCUT2D eigenvalue weighted by Gasteiger charge is -2.30. The Bertz CT molecular complexity index is 1520. The van der Waals surface area contributed by atoms with E-state index in [-0.39, 0.29) is 17.3 Å². The number of anilines is 1. The number of thiazole rings is 1. The van der Waals surface area contributed by atoms with Gasteiger partial charge in [-0.3, -0.25) is 14.7 Å². The highest BCUT2D eigenvalue weighted by Gasteiger charge is 2.29. The van der Waals surface area contributed by atoms with Crippen molar-refractivity contribution in [2.75, 3.05) is 24.6 Å². The van der Waals surface area contributed by atoms with E-state index in [1.165, 1.54) is 23.5 Å². The molecule has 1 unspecified atom stereocenters. The topological polar surface area (TPSA) is 92.7 Å². The monoisotopic (exact) mass is 550 g/mol. The van der Waals surface area contributed by atoms with Gasteiger partial charge in [0.05, 0.1) is 22.7 Å². The van der Waals surface area contributed by atoms with E-state index >= 15 is 0 Å². The molecule has 3 heterocycles. The van der Waals surface area contributed by atoms with Crippen LogP contribution in [-0.4, -0.2) is 48.3 Å². The number of fused-ring (bicyclic) bond motifs is 1. The first-order valence-corrected chi connectivity index (χ1v) is 15.0. The van der Waals surface area contributed by atoms with Crippen LogP contribution >= 0.6 is 11.3 Å². The number of benzene rings is 2. The third-order valence-corrected chi connectivity index (χ3v) is 9.49. The number of pyridine rings is 1. The van der Waals surface area contributed by atoms with E-state index in [4.69, 9.17) is 9.72 Å². The van der Waals surface area contributed by atoms with Gasteiger partial charge in [0.1, 0.15) is 11.3 Å². The number of piperidine rings is 1. The number of sulfonamides is 1. The van der Waals surface area contributed by atoms with Crippen molar-refractivity contribution in [2.24, 2.45) is 5.92 Å². The fraction of sp³-hybridized carbons (Fsp3) is 0.321. The first kappa shape index (κ1) is 26.3. The molecule has 1 saturated heterocycles. The van der Waals surface area contributed by atoms with Crippen molar-refractivity contribution >= 4 is 42.6 Å². The molecule has 2 aromatic heterocycles. The Labute approximate surface area is 227 Å². The zero-order chi connectivity index (χ0) is 26.7. The minimum Gasteiger partial charge on any atom is -0.492 e. The molecule has 0 saturated carbocycles. The molecule has 5 rings (SSSR count). The van der Waals surface area contributed by atoms with Crippen LogP contribution in [0.15, 0.2) is 71.9 Å². The lowest BCUT2D eigenvalue weighted by Crippen LogP contribution is -2.39. The highest BCUT2D eigenvalue weighted by atomic mass is 32.2. The predicted octanol–water partition coefficient (Wildman–Crippen LogP) is 5.36. The zero-order valence-electron chi connectivity index (χ0n) is 21.4. The van der Waals surface area contributed by atoms with Crippen LogP contribution in [0.25, 0.3) is 10.2 Å². The molecule has 1 atom stereocenters. The van der Waals surface area contributed by atoms with Gasteiger partial charge in [0.15, 0.2) is 5.13 Å². The fourth-order valence-corrected chi connectivity index (χ4v) is 7.22. The van der Waals surface area contributed by atoms with E-state index in [2.05, 4.69) is 11.9 Å². The SMILES string of the molecule is CCOc1cccc2sc(N(Cc3cccnc3)C(=O)c3ccc(S(=O)(=O)N4CCCC(C)C4)cc3)nc12.